The Balaban J connectivity index is 2.26. The van der Waals surface area contributed by atoms with E-state index in [0.717, 1.165) is 0 Å². The van der Waals surface area contributed by atoms with E-state index < -0.39 is 0 Å². The molecule has 0 atom stereocenters. The van der Waals surface area contributed by atoms with Gasteiger partial charge in [0.15, 0.2) is 0 Å². The van der Waals surface area contributed by atoms with Crippen LogP contribution in [0.3, 0.4) is 0 Å². The fraction of sp³-hybridized carbons (Fsp3) is 0.182. The average Bonchev–Trinajstić information content (AvgIpc) is 2.24. The zero-order valence-corrected chi connectivity index (χ0v) is 8.40. The Morgan fingerprint density at radius 1 is 1.60 bits per heavy atom. The number of hydrogen-bond donors (Lipinski definition) is 2. The third-order valence-corrected chi connectivity index (χ3v) is 1.71. The Hall–Kier alpha value is -1.97. The van der Waals surface area contributed by atoms with Gasteiger partial charge < -0.3 is 15.8 Å². The van der Waals surface area contributed by atoms with E-state index in [2.05, 4.69) is 11.9 Å². The van der Waals surface area contributed by atoms with Gasteiger partial charge in [-0.15, -0.1) is 0 Å². The van der Waals surface area contributed by atoms with E-state index >= 15 is 0 Å². The van der Waals surface area contributed by atoms with E-state index in [1.807, 2.05) is 12.1 Å². The molecule has 4 heteroatoms. The Kier molecular flexibility index (Phi) is 4.22. The molecular formula is C11H14N2O2. The molecule has 1 amide bonds. The molecule has 0 fully saturated rings. The van der Waals surface area contributed by atoms with Crippen LogP contribution < -0.4 is 15.8 Å². The standard InChI is InChI=1S/C11H14N2O2/c1-2-11(14)13-6-7-15-10-5-3-4-9(12)8-10/h2-5,8H,1,6-7,12H2,(H,13,14). The average molecular weight is 206 g/mol. The first kappa shape index (κ1) is 11.1. The van der Waals surface area contributed by atoms with Gasteiger partial charge >= 0.3 is 0 Å². The Morgan fingerprint density at radius 3 is 3.07 bits per heavy atom. The normalized spacial score (nSPS) is 9.33. The van der Waals surface area contributed by atoms with Crippen LogP contribution in [-0.4, -0.2) is 19.1 Å². The second kappa shape index (κ2) is 5.70. The minimum Gasteiger partial charge on any atom is -0.492 e. The number of ether oxygens (including phenoxy) is 1. The summed E-state index contributed by atoms with van der Waals surface area (Å²) in [5.41, 5.74) is 6.22. The second-order valence-electron chi connectivity index (χ2n) is 2.92. The van der Waals surface area contributed by atoms with Crippen LogP contribution in [0.5, 0.6) is 5.75 Å². The number of nitrogens with one attached hydrogen (secondary N) is 1. The highest BCUT2D eigenvalue weighted by Gasteiger charge is 1.95. The van der Waals surface area contributed by atoms with Crippen LogP contribution in [0.2, 0.25) is 0 Å². The van der Waals surface area contributed by atoms with Crippen molar-refractivity contribution in [1.82, 2.24) is 5.32 Å². The van der Waals surface area contributed by atoms with Gasteiger partial charge in [-0.3, -0.25) is 4.79 Å². The molecule has 0 aromatic heterocycles. The van der Waals surface area contributed by atoms with Crippen molar-refractivity contribution in [3.05, 3.63) is 36.9 Å². The third-order valence-electron chi connectivity index (χ3n) is 1.71. The van der Waals surface area contributed by atoms with Crippen molar-refractivity contribution < 1.29 is 9.53 Å². The number of carbonyl (C=O) groups excluding carboxylic acids is 1. The quantitative estimate of drug-likeness (QED) is 0.428. The zero-order chi connectivity index (χ0) is 11.1. The fourth-order valence-electron chi connectivity index (χ4n) is 1.02. The molecule has 1 rings (SSSR count). The van der Waals surface area contributed by atoms with Gasteiger partial charge in [0.2, 0.25) is 5.91 Å². The molecule has 0 saturated carbocycles. The lowest BCUT2D eigenvalue weighted by atomic mass is 10.3. The van der Waals surface area contributed by atoms with E-state index in [1.54, 1.807) is 12.1 Å². The Bertz CT molecular complexity index is 350. The first-order valence-electron chi connectivity index (χ1n) is 4.61. The summed E-state index contributed by atoms with van der Waals surface area (Å²) in [4.78, 5) is 10.8. The molecule has 0 aliphatic rings. The molecule has 3 N–H and O–H groups in total. The highest BCUT2D eigenvalue weighted by molar-refractivity contribution is 5.86. The summed E-state index contributed by atoms with van der Waals surface area (Å²) in [6.45, 7) is 4.19. The van der Waals surface area contributed by atoms with E-state index in [9.17, 15) is 4.79 Å². The van der Waals surface area contributed by atoms with Gasteiger partial charge in [-0.1, -0.05) is 12.6 Å². The smallest absolute Gasteiger partial charge is 0.243 e. The van der Waals surface area contributed by atoms with Gasteiger partial charge in [0, 0.05) is 11.8 Å². The summed E-state index contributed by atoms with van der Waals surface area (Å²) < 4.78 is 5.35. The molecule has 1 aromatic rings. The van der Waals surface area contributed by atoms with Gasteiger partial charge in [0.05, 0.1) is 6.54 Å². The van der Waals surface area contributed by atoms with Crippen molar-refractivity contribution in [2.75, 3.05) is 18.9 Å². The molecule has 0 radical (unpaired) electrons. The van der Waals surface area contributed by atoms with Crippen molar-refractivity contribution in [2.45, 2.75) is 0 Å². The maximum absolute atomic E-state index is 10.8. The molecule has 0 saturated heterocycles. The number of amides is 1. The largest absolute Gasteiger partial charge is 0.492 e. The lowest BCUT2D eigenvalue weighted by Gasteiger charge is -2.06. The number of nitrogens with two attached hydrogens (primary N) is 1. The van der Waals surface area contributed by atoms with Crippen LogP contribution in [-0.2, 0) is 4.79 Å². The minimum absolute atomic E-state index is 0.203. The maximum Gasteiger partial charge on any atom is 0.243 e. The number of carbonyl (C=O) groups is 1. The minimum atomic E-state index is -0.203. The van der Waals surface area contributed by atoms with Crippen molar-refractivity contribution in [3.63, 3.8) is 0 Å². The molecule has 1 aromatic carbocycles. The van der Waals surface area contributed by atoms with E-state index in [0.29, 0.717) is 24.6 Å². The molecule has 15 heavy (non-hydrogen) atoms. The monoisotopic (exact) mass is 206 g/mol. The van der Waals surface area contributed by atoms with Crippen LogP contribution in [0.4, 0.5) is 5.69 Å². The summed E-state index contributed by atoms with van der Waals surface area (Å²) in [5, 5.41) is 2.60. The predicted molar refractivity (Wildman–Crippen MR) is 59.6 cm³/mol. The van der Waals surface area contributed by atoms with Gasteiger partial charge in [-0.05, 0) is 18.2 Å². The number of hydrogen-bond acceptors (Lipinski definition) is 3. The van der Waals surface area contributed by atoms with Gasteiger partial charge in [0.25, 0.3) is 0 Å². The number of rotatable bonds is 5. The Morgan fingerprint density at radius 2 is 2.40 bits per heavy atom. The molecule has 0 heterocycles. The van der Waals surface area contributed by atoms with Crippen LogP contribution in [0.1, 0.15) is 0 Å². The fourth-order valence-corrected chi connectivity index (χ4v) is 1.02. The van der Waals surface area contributed by atoms with Crippen molar-refractivity contribution in [2.24, 2.45) is 0 Å². The first-order chi connectivity index (χ1) is 7.22. The summed E-state index contributed by atoms with van der Waals surface area (Å²) >= 11 is 0. The predicted octanol–water partition coefficient (Wildman–Crippen LogP) is 0.950. The summed E-state index contributed by atoms with van der Waals surface area (Å²) in [7, 11) is 0. The highest BCUT2D eigenvalue weighted by atomic mass is 16.5. The van der Waals surface area contributed by atoms with Gasteiger partial charge in [-0.2, -0.15) is 0 Å². The van der Waals surface area contributed by atoms with Crippen LogP contribution in [0, 0.1) is 0 Å². The summed E-state index contributed by atoms with van der Waals surface area (Å²) in [6.07, 6.45) is 1.22. The molecule has 80 valence electrons. The lowest BCUT2D eigenvalue weighted by Crippen LogP contribution is -2.26. The lowest BCUT2D eigenvalue weighted by molar-refractivity contribution is -0.116. The number of anilines is 1. The molecule has 0 aliphatic heterocycles. The van der Waals surface area contributed by atoms with Crippen LogP contribution in [0.15, 0.2) is 36.9 Å². The summed E-state index contributed by atoms with van der Waals surface area (Å²) in [5.74, 6) is 0.494. The Labute approximate surface area is 88.7 Å². The molecule has 0 aliphatic carbocycles. The third kappa shape index (κ3) is 4.17. The zero-order valence-electron chi connectivity index (χ0n) is 8.40. The SMILES string of the molecule is C=CC(=O)NCCOc1cccc(N)c1. The topological polar surface area (TPSA) is 64.3 Å². The van der Waals surface area contributed by atoms with Crippen molar-refractivity contribution >= 4 is 11.6 Å². The van der Waals surface area contributed by atoms with E-state index in [-0.39, 0.29) is 5.91 Å². The first-order valence-corrected chi connectivity index (χ1v) is 4.61. The highest BCUT2D eigenvalue weighted by Crippen LogP contribution is 2.13. The molecule has 0 spiro atoms. The summed E-state index contributed by atoms with van der Waals surface area (Å²) in [6, 6.07) is 7.14. The van der Waals surface area contributed by atoms with Crippen molar-refractivity contribution in [3.8, 4) is 5.75 Å². The van der Waals surface area contributed by atoms with Crippen LogP contribution >= 0.6 is 0 Å². The second-order valence-corrected chi connectivity index (χ2v) is 2.92. The number of benzene rings is 1. The van der Waals surface area contributed by atoms with Crippen LogP contribution in [0.25, 0.3) is 0 Å². The van der Waals surface area contributed by atoms with E-state index in [4.69, 9.17) is 10.5 Å². The molecule has 0 unspecified atom stereocenters. The van der Waals surface area contributed by atoms with E-state index in [1.165, 1.54) is 6.08 Å². The maximum atomic E-state index is 10.8. The van der Waals surface area contributed by atoms with Gasteiger partial charge in [0.1, 0.15) is 12.4 Å². The van der Waals surface area contributed by atoms with Gasteiger partial charge in [-0.25, -0.2) is 0 Å². The molecule has 4 nitrogen and oxygen atoms in total. The molecule has 0 bridgehead atoms. The number of nitrogen functional groups attached to an aromatic ring is 1. The molecular weight excluding hydrogens is 192 g/mol. The van der Waals surface area contributed by atoms with Crippen molar-refractivity contribution in [1.29, 1.82) is 0 Å².